The zero-order valence-electron chi connectivity index (χ0n) is 9.69. The van der Waals surface area contributed by atoms with Gasteiger partial charge < -0.3 is 5.11 Å². The van der Waals surface area contributed by atoms with Crippen molar-refractivity contribution in [2.45, 2.75) is 25.4 Å². The molecule has 1 unspecified atom stereocenters. The highest BCUT2D eigenvalue weighted by Crippen LogP contribution is 2.06. The van der Waals surface area contributed by atoms with E-state index in [-0.39, 0.29) is 0 Å². The fourth-order valence-electron chi connectivity index (χ4n) is 1.60. The molecule has 0 saturated carbocycles. The molecule has 2 aromatic heterocycles. The second kappa shape index (κ2) is 5.49. The summed E-state index contributed by atoms with van der Waals surface area (Å²) in [5.41, 5.74) is 1.12. The van der Waals surface area contributed by atoms with Crippen LogP contribution in [-0.4, -0.2) is 36.4 Å². The fourth-order valence-corrected chi connectivity index (χ4v) is 1.60. The van der Waals surface area contributed by atoms with Crippen molar-refractivity contribution in [2.24, 2.45) is 7.05 Å². The number of aliphatic hydroxyl groups excluding tert-OH is 1. The highest BCUT2D eigenvalue weighted by Gasteiger charge is 2.09. The molecule has 0 spiro atoms. The molecule has 0 saturated heterocycles. The molecule has 0 bridgehead atoms. The van der Waals surface area contributed by atoms with Crippen LogP contribution in [0.2, 0.25) is 0 Å². The van der Waals surface area contributed by atoms with E-state index < -0.39 is 6.10 Å². The highest BCUT2D eigenvalue weighted by atomic mass is 16.3. The Morgan fingerprint density at radius 2 is 2.35 bits per heavy atom. The van der Waals surface area contributed by atoms with Gasteiger partial charge in [0.2, 0.25) is 0 Å². The number of aromatic nitrogens is 5. The summed E-state index contributed by atoms with van der Waals surface area (Å²) < 4.78 is 0. The molecule has 0 aliphatic rings. The molecule has 6 nitrogen and oxygen atoms in total. The lowest BCUT2D eigenvalue weighted by molar-refractivity contribution is 0.162. The molecule has 0 amide bonds. The van der Waals surface area contributed by atoms with E-state index in [9.17, 15) is 5.11 Å². The molecule has 0 aliphatic heterocycles. The third-order valence-corrected chi connectivity index (χ3v) is 2.46. The molecule has 0 aromatic carbocycles. The molecule has 2 heterocycles. The van der Waals surface area contributed by atoms with Crippen LogP contribution >= 0.6 is 0 Å². The standard InChI is InChI=1S/C11H15N5O/c1-16-14-11(13-15-16)7-10(17)5-4-9-3-2-6-12-8-9/h2-3,6,8,10,17H,4-5,7H2,1H3. The minimum Gasteiger partial charge on any atom is -0.393 e. The summed E-state index contributed by atoms with van der Waals surface area (Å²) in [6.45, 7) is 0. The predicted octanol–water partition coefficient (Wildman–Crippen LogP) is 0.141. The van der Waals surface area contributed by atoms with E-state index in [0.29, 0.717) is 18.7 Å². The second-order valence-electron chi connectivity index (χ2n) is 3.95. The number of aryl methyl sites for hydroxylation is 2. The lowest BCUT2D eigenvalue weighted by atomic mass is 10.1. The Bertz CT molecular complexity index is 456. The zero-order valence-corrected chi connectivity index (χ0v) is 9.69. The minimum absolute atomic E-state index is 0.439. The molecule has 2 rings (SSSR count). The van der Waals surface area contributed by atoms with Crippen molar-refractivity contribution in [3.8, 4) is 0 Å². The number of rotatable bonds is 5. The van der Waals surface area contributed by atoms with Gasteiger partial charge >= 0.3 is 0 Å². The number of tetrazole rings is 1. The Morgan fingerprint density at radius 3 is 3.00 bits per heavy atom. The monoisotopic (exact) mass is 233 g/mol. The third kappa shape index (κ3) is 3.60. The number of hydrogen-bond acceptors (Lipinski definition) is 5. The van der Waals surface area contributed by atoms with Gasteiger partial charge in [-0.1, -0.05) is 6.07 Å². The van der Waals surface area contributed by atoms with E-state index in [2.05, 4.69) is 20.4 Å². The molecule has 90 valence electrons. The molecule has 1 N–H and O–H groups in total. The quantitative estimate of drug-likeness (QED) is 0.795. The Labute approximate surface area is 99.3 Å². The van der Waals surface area contributed by atoms with Crippen molar-refractivity contribution >= 4 is 0 Å². The van der Waals surface area contributed by atoms with Gasteiger partial charge in [-0.05, 0) is 29.7 Å². The summed E-state index contributed by atoms with van der Waals surface area (Å²) >= 11 is 0. The van der Waals surface area contributed by atoms with Crippen molar-refractivity contribution in [3.05, 3.63) is 35.9 Å². The Balaban J connectivity index is 1.80. The third-order valence-electron chi connectivity index (χ3n) is 2.46. The molecular formula is C11H15N5O. The maximum absolute atomic E-state index is 9.84. The number of nitrogens with zero attached hydrogens (tertiary/aromatic N) is 5. The average Bonchev–Trinajstić information content (AvgIpc) is 2.73. The Morgan fingerprint density at radius 1 is 1.47 bits per heavy atom. The van der Waals surface area contributed by atoms with Crippen LogP contribution in [0, 0.1) is 0 Å². The minimum atomic E-state index is -0.445. The first kappa shape index (κ1) is 11.7. The highest BCUT2D eigenvalue weighted by molar-refractivity contribution is 5.08. The van der Waals surface area contributed by atoms with E-state index in [1.54, 1.807) is 13.2 Å². The number of hydrogen-bond donors (Lipinski definition) is 1. The first-order valence-corrected chi connectivity index (χ1v) is 5.54. The van der Waals surface area contributed by atoms with Crippen LogP contribution in [0.1, 0.15) is 17.8 Å². The first-order chi connectivity index (χ1) is 8.24. The van der Waals surface area contributed by atoms with E-state index >= 15 is 0 Å². The summed E-state index contributed by atoms with van der Waals surface area (Å²) in [5, 5.41) is 21.4. The number of pyridine rings is 1. The lowest BCUT2D eigenvalue weighted by Gasteiger charge is -2.07. The second-order valence-corrected chi connectivity index (χ2v) is 3.95. The van der Waals surface area contributed by atoms with Gasteiger partial charge in [0.15, 0.2) is 5.82 Å². The number of aliphatic hydroxyl groups is 1. The summed E-state index contributed by atoms with van der Waals surface area (Å²) in [5.74, 6) is 0.575. The van der Waals surface area contributed by atoms with E-state index in [1.807, 2.05) is 18.3 Å². The van der Waals surface area contributed by atoms with Crippen molar-refractivity contribution in [3.63, 3.8) is 0 Å². The SMILES string of the molecule is Cn1nnc(CC(O)CCc2cccnc2)n1. The lowest BCUT2D eigenvalue weighted by Crippen LogP contribution is -2.13. The largest absolute Gasteiger partial charge is 0.393 e. The predicted molar refractivity (Wildman–Crippen MR) is 61.1 cm³/mol. The van der Waals surface area contributed by atoms with Gasteiger partial charge in [-0.15, -0.1) is 10.2 Å². The van der Waals surface area contributed by atoms with Gasteiger partial charge in [0, 0.05) is 18.8 Å². The van der Waals surface area contributed by atoms with Gasteiger partial charge in [0.25, 0.3) is 0 Å². The van der Waals surface area contributed by atoms with Crippen molar-refractivity contribution in [2.75, 3.05) is 0 Å². The molecule has 0 aliphatic carbocycles. The summed E-state index contributed by atoms with van der Waals surface area (Å²) in [6, 6.07) is 3.90. The van der Waals surface area contributed by atoms with Crippen LogP contribution in [-0.2, 0) is 19.9 Å². The summed E-state index contributed by atoms with van der Waals surface area (Å²) in [6.07, 6.45) is 5.02. The molecular weight excluding hydrogens is 218 g/mol. The smallest absolute Gasteiger partial charge is 0.177 e. The average molecular weight is 233 g/mol. The van der Waals surface area contributed by atoms with Gasteiger partial charge in [0.05, 0.1) is 13.2 Å². The first-order valence-electron chi connectivity index (χ1n) is 5.54. The van der Waals surface area contributed by atoms with Crippen LogP contribution < -0.4 is 0 Å². The van der Waals surface area contributed by atoms with Crippen molar-refractivity contribution < 1.29 is 5.11 Å². The van der Waals surface area contributed by atoms with Crippen LogP contribution in [0.3, 0.4) is 0 Å². The van der Waals surface area contributed by atoms with Crippen LogP contribution in [0.5, 0.6) is 0 Å². The van der Waals surface area contributed by atoms with Crippen LogP contribution in [0.25, 0.3) is 0 Å². The Kier molecular flexibility index (Phi) is 3.77. The van der Waals surface area contributed by atoms with Crippen LogP contribution in [0.15, 0.2) is 24.5 Å². The van der Waals surface area contributed by atoms with E-state index in [4.69, 9.17) is 0 Å². The van der Waals surface area contributed by atoms with E-state index in [0.717, 1.165) is 12.0 Å². The van der Waals surface area contributed by atoms with Gasteiger partial charge in [-0.2, -0.15) is 4.80 Å². The molecule has 17 heavy (non-hydrogen) atoms. The molecule has 2 aromatic rings. The topological polar surface area (TPSA) is 76.7 Å². The summed E-state index contributed by atoms with van der Waals surface area (Å²) in [7, 11) is 1.71. The van der Waals surface area contributed by atoms with Crippen molar-refractivity contribution in [1.82, 2.24) is 25.2 Å². The molecule has 1 atom stereocenters. The normalized spacial score (nSPS) is 12.6. The zero-order chi connectivity index (χ0) is 12.1. The van der Waals surface area contributed by atoms with E-state index in [1.165, 1.54) is 4.80 Å². The molecule has 6 heteroatoms. The van der Waals surface area contributed by atoms with Gasteiger partial charge in [0.1, 0.15) is 0 Å². The molecule has 0 fully saturated rings. The van der Waals surface area contributed by atoms with Gasteiger partial charge in [-0.25, -0.2) is 0 Å². The van der Waals surface area contributed by atoms with Gasteiger partial charge in [-0.3, -0.25) is 4.98 Å². The van der Waals surface area contributed by atoms with Crippen molar-refractivity contribution in [1.29, 1.82) is 0 Å². The summed E-state index contributed by atoms with van der Waals surface area (Å²) in [4.78, 5) is 5.42. The Hall–Kier alpha value is -1.82. The maximum Gasteiger partial charge on any atom is 0.177 e. The fraction of sp³-hybridized carbons (Fsp3) is 0.455. The maximum atomic E-state index is 9.84. The molecule has 0 radical (unpaired) electrons. The van der Waals surface area contributed by atoms with Crippen LogP contribution in [0.4, 0.5) is 0 Å².